The van der Waals surface area contributed by atoms with Crippen molar-refractivity contribution < 1.29 is 23.8 Å². The number of nitrogens with one attached hydrogen (secondary N) is 1. The molecule has 0 aliphatic heterocycles. The highest BCUT2D eigenvalue weighted by molar-refractivity contribution is 5.95. The molecule has 2 saturated carbocycles. The molecule has 0 radical (unpaired) electrons. The topological polar surface area (TPSA) is 88.8 Å². The minimum absolute atomic E-state index is 0.0145. The summed E-state index contributed by atoms with van der Waals surface area (Å²) in [5.74, 6) is -1.41. The maximum Gasteiger partial charge on any atom is 0.338 e. The second kappa shape index (κ2) is 5.18. The van der Waals surface area contributed by atoms with Crippen molar-refractivity contribution in [2.45, 2.75) is 44.8 Å². The van der Waals surface area contributed by atoms with Gasteiger partial charge in [-0.1, -0.05) is 6.42 Å². The molecule has 2 aliphatic rings. The van der Waals surface area contributed by atoms with E-state index < -0.39 is 5.97 Å². The predicted octanol–water partition coefficient (Wildman–Crippen LogP) is 2.06. The molecule has 1 aromatic rings. The highest BCUT2D eigenvalue weighted by atomic mass is 16.5. The standard InChI is InChI=1S/C15H19NO5/c1-2-20-12-7-11(15(12)4-3-5-15)16-13(17)10-6-9(8-21-10)14(18)19/h6,8,11-12H,2-5,7H2,1H3,(H,16,17)(H,18,19). The van der Waals surface area contributed by atoms with Gasteiger partial charge >= 0.3 is 5.97 Å². The molecule has 0 bridgehead atoms. The third-order valence-electron chi connectivity index (χ3n) is 4.81. The third kappa shape index (κ3) is 2.23. The number of carboxylic acids is 1. The highest BCUT2D eigenvalue weighted by Gasteiger charge is 2.59. The molecule has 1 spiro atoms. The zero-order chi connectivity index (χ0) is 15.0. The fourth-order valence-electron chi connectivity index (χ4n) is 3.44. The largest absolute Gasteiger partial charge is 0.478 e. The molecule has 2 unspecified atom stereocenters. The summed E-state index contributed by atoms with van der Waals surface area (Å²) in [5, 5.41) is 11.8. The first kappa shape index (κ1) is 14.1. The summed E-state index contributed by atoms with van der Waals surface area (Å²) in [7, 11) is 0. The normalized spacial score (nSPS) is 26.0. The third-order valence-corrected chi connectivity index (χ3v) is 4.81. The molecular weight excluding hydrogens is 274 g/mol. The molecule has 0 aromatic carbocycles. The molecule has 3 rings (SSSR count). The van der Waals surface area contributed by atoms with Crippen LogP contribution in [0.25, 0.3) is 0 Å². The van der Waals surface area contributed by atoms with Crippen LogP contribution in [-0.4, -0.2) is 35.7 Å². The Kier molecular flexibility index (Phi) is 3.49. The van der Waals surface area contributed by atoms with Gasteiger partial charge in [-0.15, -0.1) is 0 Å². The first-order chi connectivity index (χ1) is 10.1. The summed E-state index contributed by atoms with van der Waals surface area (Å²) in [6.45, 7) is 2.67. The summed E-state index contributed by atoms with van der Waals surface area (Å²) in [5.41, 5.74) is 0.0627. The smallest absolute Gasteiger partial charge is 0.338 e. The molecule has 2 atom stereocenters. The van der Waals surface area contributed by atoms with Gasteiger partial charge in [0.15, 0.2) is 5.76 Å². The average Bonchev–Trinajstić information content (AvgIpc) is 2.85. The fraction of sp³-hybridized carbons (Fsp3) is 0.600. The number of carbonyl (C=O) groups excluding carboxylic acids is 1. The number of hydrogen-bond acceptors (Lipinski definition) is 4. The van der Waals surface area contributed by atoms with Crippen LogP contribution in [0.5, 0.6) is 0 Å². The van der Waals surface area contributed by atoms with Gasteiger partial charge in [-0.05, 0) is 26.2 Å². The second-order valence-corrected chi connectivity index (χ2v) is 5.80. The summed E-state index contributed by atoms with van der Waals surface area (Å²) < 4.78 is 10.8. The van der Waals surface area contributed by atoms with Crippen molar-refractivity contribution in [1.29, 1.82) is 0 Å². The van der Waals surface area contributed by atoms with E-state index in [4.69, 9.17) is 14.3 Å². The molecule has 1 heterocycles. The SMILES string of the molecule is CCOC1CC(NC(=O)c2cc(C(=O)O)co2)C12CCC2. The van der Waals surface area contributed by atoms with E-state index in [2.05, 4.69) is 5.32 Å². The molecule has 2 aliphatic carbocycles. The van der Waals surface area contributed by atoms with Gasteiger partial charge in [-0.25, -0.2) is 4.79 Å². The molecule has 0 saturated heterocycles. The van der Waals surface area contributed by atoms with Crippen LogP contribution in [0.2, 0.25) is 0 Å². The van der Waals surface area contributed by atoms with Crippen molar-refractivity contribution >= 4 is 11.9 Å². The van der Waals surface area contributed by atoms with Crippen molar-refractivity contribution in [3.05, 3.63) is 23.7 Å². The lowest BCUT2D eigenvalue weighted by atomic mass is 9.51. The number of hydrogen-bond donors (Lipinski definition) is 2. The number of carbonyl (C=O) groups is 2. The van der Waals surface area contributed by atoms with E-state index in [0.29, 0.717) is 6.61 Å². The first-order valence-corrected chi connectivity index (χ1v) is 7.31. The van der Waals surface area contributed by atoms with Crippen molar-refractivity contribution in [3.8, 4) is 0 Å². The number of furan rings is 1. The molecule has 1 amide bonds. The van der Waals surface area contributed by atoms with Gasteiger partial charge in [0.05, 0.1) is 11.7 Å². The van der Waals surface area contributed by atoms with Crippen molar-refractivity contribution in [2.24, 2.45) is 5.41 Å². The lowest BCUT2D eigenvalue weighted by Crippen LogP contribution is -2.67. The Morgan fingerprint density at radius 3 is 2.81 bits per heavy atom. The quantitative estimate of drug-likeness (QED) is 0.867. The van der Waals surface area contributed by atoms with E-state index in [1.807, 2.05) is 6.92 Å². The molecule has 6 nitrogen and oxygen atoms in total. The Hall–Kier alpha value is -1.82. The Morgan fingerprint density at radius 2 is 2.29 bits per heavy atom. The number of ether oxygens (including phenoxy) is 1. The van der Waals surface area contributed by atoms with Crippen LogP contribution in [-0.2, 0) is 4.74 Å². The van der Waals surface area contributed by atoms with E-state index in [9.17, 15) is 9.59 Å². The number of carboxylic acid groups (broad SMARTS) is 1. The lowest BCUT2D eigenvalue weighted by Gasteiger charge is -2.60. The first-order valence-electron chi connectivity index (χ1n) is 7.31. The van der Waals surface area contributed by atoms with E-state index >= 15 is 0 Å². The average molecular weight is 293 g/mol. The van der Waals surface area contributed by atoms with E-state index in [-0.39, 0.29) is 34.8 Å². The van der Waals surface area contributed by atoms with Gasteiger partial charge < -0.3 is 19.6 Å². The summed E-state index contributed by atoms with van der Waals surface area (Å²) in [6, 6.07) is 1.35. The molecule has 2 N–H and O–H groups in total. The Bertz CT molecular complexity index is 560. The molecule has 114 valence electrons. The van der Waals surface area contributed by atoms with E-state index in [0.717, 1.165) is 25.5 Å². The van der Waals surface area contributed by atoms with Gasteiger partial charge in [-0.2, -0.15) is 0 Å². The number of aromatic carboxylic acids is 1. The summed E-state index contributed by atoms with van der Waals surface area (Å²) in [6.07, 6.45) is 5.43. The van der Waals surface area contributed by atoms with Gasteiger partial charge in [0.1, 0.15) is 6.26 Å². The molecule has 1 aromatic heterocycles. The molecular formula is C15H19NO5. The molecule has 2 fully saturated rings. The van der Waals surface area contributed by atoms with Crippen LogP contribution < -0.4 is 5.32 Å². The Balaban J connectivity index is 1.64. The van der Waals surface area contributed by atoms with Gasteiger partial charge in [-0.3, -0.25) is 4.79 Å². The van der Waals surface area contributed by atoms with Crippen molar-refractivity contribution in [1.82, 2.24) is 5.32 Å². The van der Waals surface area contributed by atoms with Crippen LogP contribution >= 0.6 is 0 Å². The minimum Gasteiger partial charge on any atom is -0.478 e. The van der Waals surface area contributed by atoms with Gasteiger partial charge in [0.2, 0.25) is 0 Å². The zero-order valence-electron chi connectivity index (χ0n) is 11.9. The van der Waals surface area contributed by atoms with Crippen molar-refractivity contribution in [2.75, 3.05) is 6.61 Å². The zero-order valence-corrected chi connectivity index (χ0v) is 11.9. The summed E-state index contributed by atoms with van der Waals surface area (Å²) >= 11 is 0. The van der Waals surface area contributed by atoms with E-state index in [1.165, 1.54) is 12.5 Å². The second-order valence-electron chi connectivity index (χ2n) is 5.80. The monoisotopic (exact) mass is 293 g/mol. The maximum atomic E-state index is 12.1. The summed E-state index contributed by atoms with van der Waals surface area (Å²) in [4.78, 5) is 22.9. The highest BCUT2D eigenvalue weighted by Crippen LogP contribution is 2.57. The van der Waals surface area contributed by atoms with E-state index in [1.54, 1.807) is 0 Å². The van der Waals surface area contributed by atoms with Crippen LogP contribution in [0.3, 0.4) is 0 Å². The van der Waals surface area contributed by atoms with Crippen LogP contribution in [0.1, 0.15) is 53.5 Å². The van der Waals surface area contributed by atoms with Crippen molar-refractivity contribution in [3.63, 3.8) is 0 Å². The van der Waals surface area contributed by atoms with Crippen LogP contribution in [0.15, 0.2) is 16.7 Å². The minimum atomic E-state index is -1.10. The molecule has 6 heteroatoms. The van der Waals surface area contributed by atoms with Crippen LogP contribution in [0.4, 0.5) is 0 Å². The predicted molar refractivity (Wildman–Crippen MR) is 73.2 cm³/mol. The Morgan fingerprint density at radius 1 is 1.52 bits per heavy atom. The Labute approximate surface area is 122 Å². The molecule has 21 heavy (non-hydrogen) atoms. The van der Waals surface area contributed by atoms with Gasteiger partial charge in [0.25, 0.3) is 5.91 Å². The maximum absolute atomic E-state index is 12.1. The van der Waals surface area contributed by atoms with Gasteiger partial charge in [0, 0.05) is 24.1 Å². The number of rotatable bonds is 5. The fourth-order valence-corrected chi connectivity index (χ4v) is 3.44. The number of amides is 1. The van der Waals surface area contributed by atoms with Crippen LogP contribution in [0, 0.1) is 5.41 Å². The lowest BCUT2D eigenvalue weighted by molar-refractivity contribution is -0.169.